The van der Waals surface area contributed by atoms with Crippen molar-refractivity contribution in [3.05, 3.63) is 23.3 Å². The zero-order valence-electron chi connectivity index (χ0n) is 13.7. The Morgan fingerprint density at radius 3 is 2.09 bits per heavy atom. The Bertz CT molecular complexity index is 530. The molecule has 0 saturated carbocycles. The molecule has 1 unspecified atom stereocenters. The minimum atomic E-state index is -1.04. The summed E-state index contributed by atoms with van der Waals surface area (Å²) in [5.41, 5.74) is 1.13. The Morgan fingerprint density at radius 2 is 1.73 bits per heavy atom. The maximum absolute atomic E-state index is 12.7. The highest BCUT2D eigenvalue weighted by Gasteiger charge is 2.24. The van der Waals surface area contributed by atoms with Crippen molar-refractivity contribution in [2.75, 3.05) is 20.8 Å². The second kappa shape index (κ2) is 7.68. The fourth-order valence-corrected chi connectivity index (χ4v) is 2.17. The van der Waals surface area contributed by atoms with Crippen molar-refractivity contribution < 1.29 is 24.2 Å². The van der Waals surface area contributed by atoms with E-state index < -0.39 is 5.97 Å². The molecule has 0 saturated heterocycles. The van der Waals surface area contributed by atoms with Gasteiger partial charge in [-0.25, -0.2) is 0 Å². The van der Waals surface area contributed by atoms with Crippen LogP contribution in [0.3, 0.4) is 0 Å². The molecular formula is C16H23NO5. The first kappa shape index (κ1) is 17.8. The summed E-state index contributed by atoms with van der Waals surface area (Å²) in [6.07, 6.45) is 0.666. The van der Waals surface area contributed by atoms with Crippen LogP contribution in [-0.4, -0.2) is 48.7 Å². The van der Waals surface area contributed by atoms with Crippen LogP contribution in [0.2, 0.25) is 0 Å². The van der Waals surface area contributed by atoms with Crippen LogP contribution in [0.15, 0.2) is 12.1 Å². The lowest BCUT2D eigenvalue weighted by Gasteiger charge is -2.27. The summed E-state index contributed by atoms with van der Waals surface area (Å²) < 4.78 is 10.5. The molecule has 1 amide bonds. The van der Waals surface area contributed by atoms with E-state index in [1.807, 2.05) is 20.8 Å². The van der Waals surface area contributed by atoms with E-state index in [9.17, 15) is 9.59 Å². The number of aliphatic carboxylic acids is 1. The van der Waals surface area contributed by atoms with Crippen molar-refractivity contribution in [2.24, 2.45) is 0 Å². The lowest BCUT2D eigenvalue weighted by molar-refractivity contribution is -0.138. The van der Waals surface area contributed by atoms with Gasteiger partial charge in [-0.2, -0.15) is 0 Å². The number of methoxy groups -OCH3 is 2. The van der Waals surface area contributed by atoms with Crippen LogP contribution in [0, 0.1) is 6.92 Å². The van der Waals surface area contributed by atoms with Gasteiger partial charge >= 0.3 is 5.97 Å². The highest BCUT2D eigenvalue weighted by Crippen LogP contribution is 2.30. The Morgan fingerprint density at radius 1 is 1.23 bits per heavy atom. The molecule has 1 aromatic carbocycles. The SMILES string of the molecule is CCC(C)N(CC(=O)O)C(=O)c1cc(OC)c(C)c(OC)c1. The van der Waals surface area contributed by atoms with Gasteiger partial charge in [0.1, 0.15) is 18.0 Å². The Balaban J connectivity index is 3.26. The quantitative estimate of drug-likeness (QED) is 0.836. The topological polar surface area (TPSA) is 76.1 Å². The zero-order chi connectivity index (χ0) is 16.9. The Labute approximate surface area is 130 Å². The minimum Gasteiger partial charge on any atom is -0.496 e. The number of carbonyl (C=O) groups is 2. The second-order valence-corrected chi connectivity index (χ2v) is 5.09. The Hall–Kier alpha value is -2.24. The Kier molecular flexibility index (Phi) is 6.22. The maximum Gasteiger partial charge on any atom is 0.323 e. The monoisotopic (exact) mass is 309 g/mol. The normalized spacial score (nSPS) is 11.7. The fraction of sp³-hybridized carbons (Fsp3) is 0.500. The summed E-state index contributed by atoms with van der Waals surface area (Å²) in [7, 11) is 3.03. The number of ether oxygens (including phenoxy) is 2. The van der Waals surface area contributed by atoms with E-state index in [2.05, 4.69) is 0 Å². The molecule has 0 aliphatic heterocycles. The molecule has 6 heteroatoms. The summed E-state index contributed by atoms with van der Waals surface area (Å²) in [6, 6.07) is 3.04. The standard InChI is InChI=1S/C16H23NO5/c1-6-10(2)17(9-15(18)19)16(20)12-7-13(21-4)11(3)14(8-12)22-5/h7-8,10H,6,9H2,1-5H3,(H,18,19). The number of hydrogen-bond donors (Lipinski definition) is 1. The number of amides is 1. The van der Waals surface area contributed by atoms with Gasteiger partial charge in [0, 0.05) is 17.2 Å². The minimum absolute atomic E-state index is 0.179. The number of carboxylic acid groups (broad SMARTS) is 1. The predicted molar refractivity (Wildman–Crippen MR) is 82.7 cm³/mol. The highest BCUT2D eigenvalue weighted by molar-refractivity contribution is 5.97. The summed E-state index contributed by atoms with van der Waals surface area (Å²) >= 11 is 0. The number of rotatable bonds is 7. The molecule has 6 nitrogen and oxygen atoms in total. The fourth-order valence-electron chi connectivity index (χ4n) is 2.17. The predicted octanol–water partition coefficient (Wildman–Crippen LogP) is 2.34. The molecule has 1 N–H and O–H groups in total. The van der Waals surface area contributed by atoms with Crippen LogP contribution in [0.5, 0.6) is 11.5 Å². The van der Waals surface area contributed by atoms with E-state index in [-0.39, 0.29) is 18.5 Å². The number of benzene rings is 1. The van der Waals surface area contributed by atoms with Gasteiger partial charge in [0.25, 0.3) is 5.91 Å². The number of carbonyl (C=O) groups excluding carboxylic acids is 1. The van der Waals surface area contributed by atoms with Crippen LogP contribution >= 0.6 is 0 Å². The first-order valence-electron chi connectivity index (χ1n) is 7.11. The van der Waals surface area contributed by atoms with E-state index in [1.165, 1.54) is 19.1 Å². The van der Waals surface area contributed by atoms with Gasteiger partial charge in [-0.1, -0.05) is 6.92 Å². The summed E-state index contributed by atoms with van der Waals surface area (Å²) in [6.45, 7) is 5.22. The van der Waals surface area contributed by atoms with Crippen LogP contribution in [0.25, 0.3) is 0 Å². The van der Waals surface area contributed by atoms with Crippen molar-refractivity contribution in [3.8, 4) is 11.5 Å². The van der Waals surface area contributed by atoms with Crippen LogP contribution in [0.1, 0.15) is 36.2 Å². The second-order valence-electron chi connectivity index (χ2n) is 5.09. The third kappa shape index (κ3) is 3.90. The molecule has 0 fully saturated rings. The van der Waals surface area contributed by atoms with Crippen molar-refractivity contribution in [2.45, 2.75) is 33.2 Å². The smallest absolute Gasteiger partial charge is 0.323 e. The van der Waals surface area contributed by atoms with Crippen LogP contribution < -0.4 is 9.47 Å². The van der Waals surface area contributed by atoms with Gasteiger partial charge in [0.2, 0.25) is 0 Å². The number of carboxylic acids is 1. The molecule has 22 heavy (non-hydrogen) atoms. The van der Waals surface area contributed by atoms with Gasteiger partial charge in [0.05, 0.1) is 14.2 Å². The molecule has 0 spiro atoms. The summed E-state index contributed by atoms with van der Waals surface area (Å²) in [5, 5.41) is 9.03. The van der Waals surface area contributed by atoms with Crippen molar-refractivity contribution >= 4 is 11.9 Å². The van der Waals surface area contributed by atoms with Gasteiger partial charge in [-0.05, 0) is 32.4 Å². The van der Waals surface area contributed by atoms with E-state index in [1.54, 1.807) is 12.1 Å². The lowest BCUT2D eigenvalue weighted by atomic mass is 10.1. The number of hydrogen-bond acceptors (Lipinski definition) is 4. The van der Waals surface area contributed by atoms with E-state index in [0.717, 1.165) is 5.56 Å². The molecule has 1 rings (SSSR count). The average Bonchev–Trinajstić information content (AvgIpc) is 2.51. The molecule has 0 heterocycles. The van der Waals surface area contributed by atoms with Gasteiger partial charge in [-0.15, -0.1) is 0 Å². The average molecular weight is 309 g/mol. The van der Waals surface area contributed by atoms with Crippen molar-refractivity contribution in [1.29, 1.82) is 0 Å². The summed E-state index contributed by atoms with van der Waals surface area (Å²) in [4.78, 5) is 25.0. The molecule has 0 aliphatic carbocycles. The molecular weight excluding hydrogens is 286 g/mol. The molecule has 122 valence electrons. The third-order valence-electron chi connectivity index (χ3n) is 3.69. The molecule has 0 bridgehead atoms. The zero-order valence-corrected chi connectivity index (χ0v) is 13.7. The lowest BCUT2D eigenvalue weighted by Crippen LogP contribution is -2.41. The summed E-state index contributed by atoms with van der Waals surface area (Å²) in [5.74, 6) is -0.336. The molecule has 0 aromatic heterocycles. The van der Waals surface area contributed by atoms with Gasteiger partial charge in [-0.3, -0.25) is 9.59 Å². The van der Waals surface area contributed by atoms with E-state index in [0.29, 0.717) is 23.5 Å². The van der Waals surface area contributed by atoms with Crippen LogP contribution in [-0.2, 0) is 4.79 Å². The first-order valence-corrected chi connectivity index (χ1v) is 7.11. The molecule has 0 radical (unpaired) electrons. The van der Waals surface area contributed by atoms with Gasteiger partial charge < -0.3 is 19.5 Å². The first-order chi connectivity index (χ1) is 10.3. The highest BCUT2D eigenvalue weighted by atomic mass is 16.5. The molecule has 1 aromatic rings. The van der Waals surface area contributed by atoms with Gasteiger partial charge in [0.15, 0.2) is 0 Å². The molecule has 0 aliphatic rings. The largest absolute Gasteiger partial charge is 0.496 e. The third-order valence-corrected chi connectivity index (χ3v) is 3.69. The number of nitrogens with zero attached hydrogens (tertiary/aromatic N) is 1. The maximum atomic E-state index is 12.7. The van der Waals surface area contributed by atoms with E-state index in [4.69, 9.17) is 14.6 Å². The van der Waals surface area contributed by atoms with Crippen molar-refractivity contribution in [1.82, 2.24) is 4.90 Å². The van der Waals surface area contributed by atoms with Crippen molar-refractivity contribution in [3.63, 3.8) is 0 Å². The van der Waals surface area contributed by atoms with Crippen LogP contribution in [0.4, 0.5) is 0 Å². The van der Waals surface area contributed by atoms with E-state index >= 15 is 0 Å². The molecule has 1 atom stereocenters.